The topological polar surface area (TPSA) is 42.5 Å². The first-order chi connectivity index (χ1) is 5.97. The van der Waals surface area contributed by atoms with E-state index >= 15 is 0 Å². The summed E-state index contributed by atoms with van der Waals surface area (Å²) in [5.74, 6) is 0. The van der Waals surface area contributed by atoms with Crippen LogP contribution >= 0.6 is 0 Å². The Morgan fingerprint density at radius 2 is 1.33 bits per heavy atom. The van der Waals surface area contributed by atoms with Gasteiger partial charge in [-0.25, -0.2) is 0 Å². The van der Waals surface area contributed by atoms with Crippen molar-refractivity contribution in [3.8, 4) is 0 Å². The fourth-order valence-electron chi connectivity index (χ4n) is 1.69. The maximum atomic E-state index is 5.38. The van der Waals surface area contributed by atoms with E-state index in [4.69, 9.17) is 9.47 Å². The molecular weight excluding hydrogens is 156 g/mol. The van der Waals surface area contributed by atoms with Gasteiger partial charge in [0.1, 0.15) is 0 Å². The first kappa shape index (κ1) is 8.44. The molecule has 0 aromatic rings. The van der Waals surface area contributed by atoms with Crippen LogP contribution in [0.1, 0.15) is 0 Å². The summed E-state index contributed by atoms with van der Waals surface area (Å²) in [5.41, 5.74) is 0. The highest BCUT2D eigenvalue weighted by Gasteiger charge is 2.25. The molecule has 0 spiro atoms. The molecule has 0 aliphatic carbocycles. The summed E-state index contributed by atoms with van der Waals surface area (Å²) >= 11 is 0. The van der Waals surface area contributed by atoms with Crippen molar-refractivity contribution in [2.75, 3.05) is 39.5 Å². The van der Waals surface area contributed by atoms with E-state index in [-0.39, 0.29) is 0 Å². The fraction of sp³-hybridized carbons (Fsp3) is 1.00. The van der Waals surface area contributed by atoms with Crippen molar-refractivity contribution in [2.45, 2.75) is 12.1 Å². The average Bonchev–Trinajstić information content (AvgIpc) is 2.21. The maximum Gasteiger partial charge on any atom is 0.0636 e. The minimum atomic E-state index is 0.430. The number of nitrogens with one attached hydrogen (secondary N) is 2. The van der Waals surface area contributed by atoms with Crippen LogP contribution in [0.25, 0.3) is 0 Å². The molecule has 2 atom stereocenters. The molecule has 2 aliphatic heterocycles. The SMILES string of the molecule is C1COCC(C2COCCN2)N1. The van der Waals surface area contributed by atoms with Crippen molar-refractivity contribution in [3.63, 3.8) is 0 Å². The molecule has 0 aromatic heterocycles. The van der Waals surface area contributed by atoms with E-state index in [1.54, 1.807) is 0 Å². The molecule has 2 fully saturated rings. The van der Waals surface area contributed by atoms with E-state index in [9.17, 15) is 0 Å². The van der Waals surface area contributed by atoms with Gasteiger partial charge in [-0.15, -0.1) is 0 Å². The summed E-state index contributed by atoms with van der Waals surface area (Å²) in [6.45, 7) is 5.21. The predicted molar refractivity (Wildman–Crippen MR) is 45.2 cm³/mol. The Balaban J connectivity index is 1.80. The molecule has 0 saturated carbocycles. The molecule has 2 saturated heterocycles. The summed E-state index contributed by atoms with van der Waals surface area (Å²) in [7, 11) is 0. The Labute approximate surface area is 72.6 Å². The molecule has 2 aliphatic rings. The first-order valence-electron chi connectivity index (χ1n) is 4.59. The smallest absolute Gasteiger partial charge is 0.0636 e. The minimum Gasteiger partial charge on any atom is -0.378 e. The van der Waals surface area contributed by atoms with Gasteiger partial charge in [0, 0.05) is 25.2 Å². The van der Waals surface area contributed by atoms with Crippen LogP contribution in [0, 0.1) is 0 Å². The molecule has 2 unspecified atom stereocenters. The number of hydrogen-bond donors (Lipinski definition) is 2. The molecule has 0 amide bonds. The number of ether oxygens (including phenoxy) is 2. The Morgan fingerprint density at radius 3 is 1.67 bits per heavy atom. The van der Waals surface area contributed by atoms with Crippen LogP contribution < -0.4 is 10.6 Å². The zero-order valence-corrected chi connectivity index (χ0v) is 7.21. The molecule has 2 heterocycles. The van der Waals surface area contributed by atoms with Crippen molar-refractivity contribution in [3.05, 3.63) is 0 Å². The number of rotatable bonds is 1. The van der Waals surface area contributed by atoms with Crippen LogP contribution in [-0.2, 0) is 9.47 Å². The molecule has 2 N–H and O–H groups in total. The number of morpholine rings is 2. The van der Waals surface area contributed by atoms with Crippen molar-refractivity contribution in [1.82, 2.24) is 10.6 Å². The van der Waals surface area contributed by atoms with Gasteiger partial charge in [-0.2, -0.15) is 0 Å². The second-order valence-electron chi connectivity index (χ2n) is 3.27. The van der Waals surface area contributed by atoms with Crippen LogP contribution in [0.4, 0.5) is 0 Å². The third-order valence-corrected chi connectivity index (χ3v) is 2.39. The normalized spacial score (nSPS) is 38.0. The van der Waals surface area contributed by atoms with Gasteiger partial charge in [-0.1, -0.05) is 0 Å². The fourth-order valence-corrected chi connectivity index (χ4v) is 1.69. The van der Waals surface area contributed by atoms with Crippen molar-refractivity contribution < 1.29 is 9.47 Å². The molecular formula is C8H16N2O2. The van der Waals surface area contributed by atoms with Crippen molar-refractivity contribution >= 4 is 0 Å². The van der Waals surface area contributed by atoms with Crippen molar-refractivity contribution in [2.24, 2.45) is 0 Å². The summed E-state index contributed by atoms with van der Waals surface area (Å²) in [6, 6.07) is 0.859. The van der Waals surface area contributed by atoms with Gasteiger partial charge in [0.2, 0.25) is 0 Å². The molecule has 4 heteroatoms. The average molecular weight is 172 g/mol. The quantitative estimate of drug-likeness (QED) is 0.530. The number of hydrogen-bond acceptors (Lipinski definition) is 4. The zero-order chi connectivity index (χ0) is 8.23. The lowest BCUT2D eigenvalue weighted by atomic mass is 10.1. The Kier molecular flexibility index (Phi) is 2.94. The predicted octanol–water partition coefficient (Wildman–Crippen LogP) is -1.04. The lowest BCUT2D eigenvalue weighted by Crippen LogP contribution is -2.58. The second kappa shape index (κ2) is 4.18. The second-order valence-corrected chi connectivity index (χ2v) is 3.27. The van der Waals surface area contributed by atoms with E-state index in [1.807, 2.05) is 0 Å². The van der Waals surface area contributed by atoms with Gasteiger partial charge >= 0.3 is 0 Å². The van der Waals surface area contributed by atoms with Gasteiger partial charge in [0.05, 0.1) is 26.4 Å². The Hall–Kier alpha value is -0.160. The van der Waals surface area contributed by atoms with Gasteiger partial charge in [0.15, 0.2) is 0 Å². The van der Waals surface area contributed by atoms with E-state index in [0.717, 1.165) is 39.5 Å². The molecule has 0 aromatic carbocycles. The molecule has 4 nitrogen and oxygen atoms in total. The zero-order valence-electron chi connectivity index (χ0n) is 7.21. The van der Waals surface area contributed by atoms with Crippen LogP contribution in [0.15, 0.2) is 0 Å². The van der Waals surface area contributed by atoms with E-state index in [0.29, 0.717) is 12.1 Å². The highest BCUT2D eigenvalue weighted by Crippen LogP contribution is 2.03. The van der Waals surface area contributed by atoms with E-state index in [2.05, 4.69) is 10.6 Å². The molecule has 2 rings (SSSR count). The summed E-state index contributed by atoms with van der Waals surface area (Å²) < 4.78 is 10.8. The summed E-state index contributed by atoms with van der Waals surface area (Å²) in [5, 5.41) is 6.84. The van der Waals surface area contributed by atoms with Crippen LogP contribution in [0.5, 0.6) is 0 Å². The molecule has 0 radical (unpaired) electrons. The van der Waals surface area contributed by atoms with Gasteiger partial charge < -0.3 is 20.1 Å². The van der Waals surface area contributed by atoms with Crippen LogP contribution in [0.3, 0.4) is 0 Å². The maximum absolute atomic E-state index is 5.38. The highest BCUT2D eigenvalue weighted by molar-refractivity contribution is 4.85. The van der Waals surface area contributed by atoms with Gasteiger partial charge in [-0.05, 0) is 0 Å². The van der Waals surface area contributed by atoms with Crippen molar-refractivity contribution in [1.29, 1.82) is 0 Å². The Morgan fingerprint density at radius 1 is 0.833 bits per heavy atom. The largest absolute Gasteiger partial charge is 0.378 e. The third-order valence-electron chi connectivity index (χ3n) is 2.39. The standard InChI is InChI=1S/C8H16N2O2/c1-3-11-5-7(9-1)8-6-12-4-2-10-8/h7-10H,1-6H2. The molecule has 70 valence electrons. The lowest BCUT2D eigenvalue weighted by Gasteiger charge is -2.34. The lowest BCUT2D eigenvalue weighted by molar-refractivity contribution is 0.0177. The van der Waals surface area contributed by atoms with Crippen LogP contribution in [0.2, 0.25) is 0 Å². The molecule has 12 heavy (non-hydrogen) atoms. The van der Waals surface area contributed by atoms with E-state index < -0.39 is 0 Å². The van der Waals surface area contributed by atoms with Gasteiger partial charge in [-0.3, -0.25) is 0 Å². The minimum absolute atomic E-state index is 0.430. The third kappa shape index (κ3) is 1.95. The van der Waals surface area contributed by atoms with Gasteiger partial charge in [0.25, 0.3) is 0 Å². The highest BCUT2D eigenvalue weighted by atomic mass is 16.5. The monoisotopic (exact) mass is 172 g/mol. The summed E-state index contributed by atoms with van der Waals surface area (Å²) in [4.78, 5) is 0. The van der Waals surface area contributed by atoms with E-state index in [1.165, 1.54) is 0 Å². The van der Waals surface area contributed by atoms with Crippen LogP contribution in [-0.4, -0.2) is 51.6 Å². The first-order valence-corrected chi connectivity index (χ1v) is 4.59. The molecule has 0 bridgehead atoms. The Bertz CT molecular complexity index is 115. The summed E-state index contributed by atoms with van der Waals surface area (Å²) in [6.07, 6.45) is 0.